The van der Waals surface area contributed by atoms with Crippen LogP contribution in [0.4, 0.5) is 4.39 Å². The van der Waals surface area contributed by atoms with Gasteiger partial charge in [-0.15, -0.1) is 0 Å². The zero-order valence-corrected chi connectivity index (χ0v) is 12.3. The number of benzene rings is 1. The first kappa shape index (κ1) is 14.9. The summed E-state index contributed by atoms with van der Waals surface area (Å²) in [5, 5.41) is 13.6. The summed E-state index contributed by atoms with van der Waals surface area (Å²) >= 11 is 0. The van der Waals surface area contributed by atoms with Crippen molar-refractivity contribution in [1.82, 2.24) is 15.3 Å². The zero-order chi connectivity index (χ0) is 16.4. The van der Waals surface area contributed by atoms with Crippen molar-refractivity contribution in [3.8, 4) is 5.75 Å². The molecular formula is C17H14FN3O2. The molecule has 6 heteroatoms. The van der Waals surface area contributed by atoms with Gasteiger partial charge in [0.25, 0.3) is 5.91 Å². The highest BCUT2D eigenvalue weighted by Gasteiger charge is 2.18. The van der Waals surface area contributed by atoms with Crippen molar-refractivity contribution in [2.75, 3.05) is 0 Å². The zero-order valence-electron chi connectivity index (χ0n) is 12.3. The van der Waals surface area contributed by atoms with E-state index < -0.39 is 5.91 Å². The molecule has 2 heterocycles. The molecule has 3 rings (SSSR count). The molecule has 2 N–H and O–H groups in total. The number of nitrogens with zero attached hydrogens (tertiary/aromatic N) is 2. The molecule has 0 aliphatic rings. The van der Waals surface area contributed by atoms with E-state index in [1.807, 2.05) is 0 Å². The number of pyridine rings is 2. The molecule has 23 heavy (non-hydrogen) atoms. The number of carbonyl (C=O) groups is 1. The molecule has 1 atom stereocenters. The third-order valence-corrected chi connectivity index (χ3v) is 3.55. The molecule has 116 valence electrons. The van der Waals surface area contributed by atoms with Gasteiger partial charge in [-0.05, 0) is 36.8 Å². The second-order valence-corrected chi connectivity index (χ2v) is 5.14. The van der Waals surface area contributed by atoms with Crippen LogP contribution in [-0.4, -0.2) is 21.0 Å². The van der Waals surface area contributed by atoms with Gasteiger partial charge in [-0.1, -0.05) is 12.1 Å². The quantitative estimate of drug-likeness (QED) is 0.780. The SMILES string of the molecule is CC(NC(=O)c1ncc2cccnc2c1O)c1ccc(F)cc1. The summed E-state index contributed by atoms with van der Waals surface area (Å²) in [6.07, 6.45) is 3.02. The Kier molecular flexibility index (Phi) is 3.89. The minimum absolute atomic E-state index is 0.0924. The summed E-state index contributed by atoms with van der Waals surface area (Å²) in [7, 11) is 0. The molecule has 0 aliphatic heterocycles. The number of amides is 1. The minimum Gasteiger partial charge on any atom is -0.504 e. The van der Waals surface area contributed by atoms with Crippen LogP contribution in [0, 0.1) is 5.82 Å². The highest BCUT2D eigenvalue weighted by atomic mass is 19.1. The van der Waals surface area contributed by atoms with Crippen LogP contribution in [0.1, 0.15) is 29.0 Å². The van der Waals surface area contributed by atoms with E-state index in [9.17, 15) is 14.3 Å². The number of hydrogen-bond acceptors (Lipinski definition) is 4. The normalized spacial score (nSPS) is 12.1. The molecule has 1 aromatic carbocycles. The Morgan fingerprint density at radius 1 is 1.22 bits per heavy atom. The lowest BCUT2D eigenvalue weighted by Gasteiger charge is -2.14. The Hall–Kier alpha value is -3.02. The summed E-state index contributed by atoms with van der Waals surface area (Å²) < 4.78 is 12.9. The minimum atomic E-state index is -0.521. The van der Waals surface area contributed by atoms with Crippen molar-refractivity contribution >= 4 is 16.8 Å². The summed E-state index contributed by atoms with van der Waals surface area (Å²) in [5.41, 5.74) is 0.977. The van der Waals surface area contributed by atoms with E-state index in [0.29, 0.717) is 10.9 Å². The monoisotopic (exact) mass is 311 g/mol. The van der Waals surface area contributed by atoms with Gasteiger partial charge in [0.2, 0.25) is 0 Å². The Morgan fingerprint density at radius 3 is 2.70 bits per heavy atom. The maximum atomic E-state index is 12.9. The summed E-state index contributed by atoms with van der Waals surface area (Å²) in [6, 6.07) is 8.95. The largest absolute Gasteiger partial charge is 0.504 e. The molecule has 0 spiro atoms. The topological polar surface area (TPSA) is 75.1 Å². The lowest BCUT2D eigenvalue weighted by molar-refractivity contribution is 0.0932. The van der Waals surface area contributed by atoms with Gasteiger partial charge in [-0.2, -0.15) is 0 Å². The van der Waals surface area contributed by atoms with E-state index in [-0.39, 0.29) is 23.3 Å². The first-order chi connectivity index (χ1) is 11.1. The predicted octanol–water partition coefficient (Wildman–Crippen LogP) is 2.97. The lowest BCUT2D eigenvalue weighted by Crippen LogP contribution is -2.27. The Balaban J connectivity index is 1.86. The van der Waals surface area contributed by atoms with Gasteiger partial charge in [-0.25, -0.2) is 9.37 Å². The Labute approximate surface area is 131 Å². The van der Waals surface area contributed by atoms with Crippen LogP contribution in [0.25, 0.3) is 10.9 Å². The highest BCUT2D eigenvalue weighted by molar-refractivity contribution is 6.00. The van der Waals surface area contributed by atoms with Crippen LogP contribution in [0.15, 0.2) is 48.8 Å². The van der Waals surface area contributed by atoms with Gasteiger partial charge in [0.1, 0.15) is 11.3 Å². The Morgan fingerprint density at radius 2 is 1.96 bits per heavy atom. The number of rotatable bonds is 3. The van der Waals surface area contributed by atoms with E-state index >= 15 is 0 Å². The molecule has 0 aliphatic carbocycles. The van der Waals surface area contributed by atoms with E-state index in [4.69, 9.17) is 0 Å². The van der Waals surface area contributed by atoms with Crippen molar-refractivity contribution in [2.24, 2.45) is 0 Å². The number of aromatic hydroxyl groups is 1. The van der Waals surface area contributed by atoms with E-state index in [2.05, 4.69) is 15.3 Å². The molecule has 1 amide bonds. The number of hydrogen-bond donors (Lipinski definition) is 2. The number of halogens is 1. The van der Waals surface area contributed by atoms with Crippen LogP contribution in [0.2, 0.25) is 0 Å². The van der Waals surface area contributed by atoms with Gasteiger partial charge in [0.15, 0.2) is 11.4 Å². The van der Waals surface area contributed by atoms with Crippen molar-refractivity contribution in [3.63, 3.8) is 0 Å². The fraction of sp³-hybridized carbons (Fsp3) is 0.118. The second kappa shape index (κ2) is 6.00. The van der Waals surface area contributed by atoms with Crippen LogP contribution >= 0.6 is 0 Å². The van der Waals surface area contributed by atoms with Crippen molar-refractivity contribution < 1.29 is 14.3 Å². The lowest BCUT2D eigenvalue weighted by atomic mass is 10.1. The predicted molar refractivity (Wildman–Crippen MR) is 83.5 cm³/mol. The van der Waals surface area contributed by atoms with E-state index in [0.717, 1.165) is 5.56 Å². The first-order valence-electron chi connectivity index (χ1n) is 7.05. The fourth-order valence-electron chi connectivity index (χ4n) is 2.29. The molecule has 1 unspecified atom stereocenters. The molecule has 5 nitrogen and oxygen atoms in total. The number of carbonyl (C=O) groups excluding carboxylic acids is 1. The standard InChI is InChI=1S/C17H14FN3O2/c1-10(11-4-6-13(18)7-5-11)21-17(23)15-16(22)14-12(9-20-15)3-2-8-19-14/h2-10,22H,1H3,(H,21,23). The number of nitrogens with one attached hydrogen (secondary N) is 1. The molecule has 0 saturated carbocycles. The van der Waals surface area contributed by atoms with E-state index in [1.165, 1.54) is 24.5 Å². The number of fused-ring (bicyclic) bond motifs is 1. The third-order valence-electron chi connectivity index (χ3n) is 3.55. The highest BCUT2D eigenvalue weighted by Crippen LogP contribution is 2.25. The third kappa shape index (κ3) is 2.96. The van der Waals surface area contributed by atoms with Crippen molar-refractivity contribution in [3.05, 3.63) is 65.9 Å². The molecule has 0 radical (unpaired) electrons. The van der Waals surface area contributed by atoms with Crippen LogP contribution in [0.3, 0.4) is 0 Å². The van der Waals surface area contributed by atoms with Crippen molar-refractivity contribution in [1.29, 1.82) is 0 Å². The molecule has 0 bridgehead atoms. The van der Waals surface area contributed by atoms with Gasteiger partial charge in [-0.3, -0.25) is 9.78 Å². The molecule has 0 saturated heterocycles. The maximum Gasteiger partial charge on any atom is 0.274 e. The number of aromatic nitrogens is 2. The van der Waals surface area contributed by atoms with Crippen LogP contribution in [0.5, 0.6) is 5.75 Å². The first-order valence-corrected chi connectivity index (χ1v) is 7.05. The van der Waals surface area contributed by atoms with Crippen molar-refractivity contribution in [2.45, 2.75) is 13.0 Å². The maximum absolute atomic E-state index is 12.9. The van der Waals surface area contributed by atoms with Crippen LogP contribution < -0.4 is 5.32 Å². The molecule has 3 aromatic rings. The Bertz CT molecular complexity index is 865. The smallest absolute Gasteiger partial charge is 0.274 e. The average Bonchev–Trinajstić information content (AvgIpc) is 2.56. The van der Waals surface area contributed by atoms with Gasteiger partial charge < -0.3 is 10.4 Å². The van der Waals surface area contributed by atoms with Gasteiger partial charge in [0.05, 0.1) is 6.04 Å². The van der Waals surface area contributed by atoms with E-state index in [1.54, 1.807) is 31.2 Å². The second-order valence-electron chi connectivity index (χ2n) is 5.14. The summed E-state index contributed by atoms with van der Waals surface area (Å²) in [6.45, 7) is 1.77. The molecule has 0 fully saturated rings. The van der Waals surface area contributed by atoms with Gasteiger partial charge in [0, 0.05) is 17.8 Å². The molecular weight excluding hydrogens is 297 g/mol. The summed E-state index contributed by atoms with van der Waals surface area (Å²) in [4.78, 5) is 20.4. The van der Waals surface area contributed by atoms with Crippen LogP contribution in [-0.2, 0) is 0 Å². The molecule has 2 aromatic heterocycles. The van der Waals surface area contributed by atoms with Gasteiger partial charge >= 0.3 is 0 Å². The summed E-state index contributed by atoms with van der Waals surface area (Å²) in [5.74, 6) is -1.12. The average molecular weight is 311 g/mol. The fourth-order valence-corrected chi connectivity index (χ4v) is 2.29.